The summed E-state index contributed by atoms with van der Waals surface area (Å²) in [5.41, 5.74) is 1.11. The molecule has 0 atom stereocenters. The molecular weight excluding hydrogens is 212 g/mol. The Balaban J connectivity index is 2.11. The lowest BCUT2D eigenvalue weighted by Crippen LogP contribution is -2.23. The lowest BCUT2D eigenvalue weighted by Gasteiger charge is -2.22. The maximum Gasteiger partial charge on any atom is 0.123 e. The molecule has 0 fully saturated rings. The van der Waals surface area contributed by atoms with Crippen LogP contribution in [0.1, 0.15) is 12.2 Å². The van der Waals surface area contributed by atoms with Crippen LogP contribution in [0.5, 0.6) is 0 Å². The molecule has 0 N–H and O–H groups in total. The summed E-state index contributed by atoms with van der Waals surface area (Å²) in [5, 5.41) is 8.69. The minimum atomic E-state index is 0.510. The van der Waals surface area contributed by atoms with Crippen LogP contribution < -0.4 is 4.90 Å². The maximum atomic E-state index is 8.69. The minimum Gasteiger partial charge on any atom is -0.467 e. The second kappa shape index (κ2) is 5.76. The van der Waals surface area contributed by atoms with Gasteiger partial charge in [0.25, 0.3) is 0 Å². The minimum absolute atomic E-state index is 0.510. The van der Waals surface area contributed by atoms with Gasteiger partial charge in [0.1, 0.15) is 5.76 Å². The lowest BCUT2D eigenvalue weighted by molar-refractivity contribution is 0.502. The Morgan fingerprint density at radius 1 is 1.12 bits per heavy atom. The van der Waals surface area contributed by atoms with Gasteiger partial charge in [-0.15, -0.1) is 0 Å². The average Bonchev–Trinajstić information content (AvgIpc) is 2.88. The highest BCUT2D eigenvalue weighted by molar-refractivity contribution is 5.46. The number of nitriles is 1. The van der Waals surface area contributed by atoms with Crippen LogP contribution in [-0.2, 0) is 6.54 Å². The summed E-state index contributed by atoms with van der Waals surface area (Å²) in [7, 11) is 0. The first-order valence-corrected chi connectivity index (χ1v) is 5.59. The van der Waals surface area contributed by atoms with Crippen molar-refractivity contribution in [3.8, 4) is 6.07 Å². The van der Waals surface area contributed by atoms with Crippen molar-refractivity contribution in [2.75, 3.05) is 11.4 Å². The van der Waals surface area contributed by atoms with Crippen LogP contribution >= 0.6 is 0 Å². The standard InChI is InChI=1S/C14H14N2O/c15-9-5-10-16(12-14-8-4-11-17-14)13-6-2-1-3-7-13/h1-4,6-8,11H,5,10,12H2. The first kappa shape index (κ1) is 11.3. The van der Waals surface area contributed by atoms with Crippen molar-refractivity contribution in [1.29, 1.82) is 5.26 Å². The molecule has 86 valence electrons. The zero-order valence-corrected chi connectivity index (χ0v) is 9.54. The molecule has 1 aromatic carbocycles. The Labute approximate surface area is 101 Å². The highest BCUT2D eigenvalue weighted by Gasteiger charge is 2.08. The summed E-state index contributed by atoms with van der Waals surface area (Å²) < 4.78 is 5.34. The van der Waals surface area contributed by atoms with E-state index in [9.17, 15) is 0 Å². The third kappa shape index (κ3) is 3.12. The molecule has 0 bridgehead atoms. The van der Waals surface area contributed by atoms with E-state index in [1.807, 2.05) is 42.5 Å². The zero-order valence-electron chi connectivity index (χ0n) is 9.54. The van der Waals surface area contributed by atoms with E-state index >= 15 is 0 Å². The van der Waals surface area contributed by atoms with Gasteiger partial charge in [-0.05, 0) is 24.3 Å². The van der Waals surface area contributed by atoms with E-state index in [1.54, 1.807) is 6.26 Å². The first-order chi connectivity index (χ1) is 8.40. The Morgan fingerprint density at radius 3 is 2.59 bits per heavy atom. The predicted molar refractivity (Wildman–Crippen MR) is 66.4 cm³/mol. The van der Waals surface area contributed by atoms with Crippen LogP contribution in [0.3, 0.4) is 0 Å². The highest BCUT2D eigenvalue weighted by atomic mass is 16.3. The zero-order chi connectivity index (χ0) is 11.9. The molecule has 1 aromatic heterocycles. The van der Waals surface area contributed by atoms with Crippen LogP contribution in [-0.4, -0.2) is 6.54 Å². The monoisotopic (exact) mass is 226 g/mol. The Bertz CT molecular complexity index is 471. The fourth-order valence-corrected chi connectivity index (χ4v) is 1.71. The molecule has 0 amide bonds. The number of hydrogen-bond acceptors (Lipinski definition) is 3. The van der Waals surface area contributed by atoms with Crippen molar-refractivity contribution in [3.05, 3.63) is 54.5 Å². The summed E-state index contributed by atoms with van der Waals surface area (Å²) in [6.07, 6.45) is 2.18. The summed E-state index contributed by atoms with van der Waals surface area (Å²) in [6.45, 7) is 1.40. The molecule has 3 heteroatoms. The van der Waals surface area contributed by atoms with E-state index < -0.39 is 0 Å². The van der Waals surface area contributed by atoms with Crippen LogP contribution in [0.15, 0.2) is 53.1 Å². The number of furan rings is 1. The van der Waals surface area contributed by atoms with Crippen molar-refractivity contribution in [1.82, 2.24) is 0 Å². The topological polar surface area (TPSA) is 40.2 Å². The number of para-hydroxylation sites is 1. The Morgan fingerprint density at radius 2 is 1.94 bits per heavy atom. The number of rotatable bonds is 5. The molecule has 2 rings (SSSR count). The molecule has 3 nitrogen and oxygen atoms in total. The van der Waals surface area contributed by atoms with Gasteiger partial charge in [-0.2, -0.15) is 5.26 Å². The molecular formula is C14H14N2O. The Hall–Kier alpha value is -2.21. The van der Waals surface area contributed by atoms with Gasteiger partial charge in [0.2, 0.25) is 0 Å². The van der Waals surface area contributed by atoms with Crippen LogP contribution in [0.2, 0.25) is 0 Å². The van der Waals surface area contributed by atoms with Gasteiger partial charge in [0.05, 0.1) is 25.3 Å². The lowest BCUT2D eigenvalue weighted by atomic mass is 10.2. The van der Waals surface area contributed by atoms with E-state index in [1.165, 1.54) is 0 Å². The SMILES string of the molecule is N#CCCN(Cc1ccco1)c1ccccc1. The molecule has 0 radical (unpaired) electrons. The fourth-order valence-electron chi connectivity index (χ4n) is 1.71. The van der Waals surface area contributed by atoms with Gasteiger partial charge in [0, 0.05) is 12.2 Å². The van der Waals surface area contributed by atoms with Crippen LogP contribution in [0.25, 0.3) is 0 Å². The van der Waals surface area contributed by atoms with E-state index in [0.717, 1.165) is 11.4 Å². The number of nitrogens with zero attached hydrogens (tertiary/aromatic N) is 2. The van der Waals surface area contributed by atoms with Gasteiger partial charge in [0.15, 0.2) is 0 Å². The number of anilines is 1. The highest BCUT2D eigenvalue weighted by Crippen LogP contribution is 2.17. The molecule has 0 aliphatic rings. The molecule has 17 heavy (non-hydrogen) atoms. The van der Waals surface area contributed by atoms with Crippen molar-refractivity contribution >= 4 is 5.69 Å². The van der Waals surface area contributed by atoms with E-state index in [-0.39, 0.29) is 0 Å². The molecule has 0 aliphatic carbocycles. The maximum absolute atomic E-state index is 8.69. The smallest absolute Gasteiger partial charge is 0.123 e. The summed E-state index contributed by atoms with van der Waals surface area (Å²) in [4.78, 5) is 2.14. The van der Waals surface area contributed by atoms with Gasteiger partial charge in [-0.3, -0.25) is 0 Å². The fraction of sp³-hybridized carbons (Fsp3) is 0.214. The van der Waals surface area contributed by atoms with Crippen molar-refractivity contribution in [2.24, 2.45) is 0 Å². The molecule has 0 saturated heterocycles. The molecule has 0 spiro atoms. The largest absolute Gasteiger partial charge is 0.467 e. The molecule has 1 heterocycles. The second-order valence-corrected chi connectivity index (χ2v) is 3.74. The van der Waals surface area contributed by atoms with Gasteiger partial charge >= 0.3 is 0 Å². The van der Waals surface area contributed by atoms with Crippen molar-refractivity contribution < 1.29 is 4.42 Å². The number of benzene rings is 1. The summed E-state index contributed by atoms with van der Waals surface area (Å²) >= 11 is 0. The van der Waals surface area contributed by atoms with Crippen molar-refractivity contribution in [3.63, 3.8) is 0 Å². The van der Waals surface area contributed by atoms with Gasteiger partial charge < -0.3 is 9.32 Å². The number of hydrogen-bond donors (Lipinski definition) is 0. The van der Waals surface area contributed by atoms with Gasteiger partial charge in [-0.25, -0.2) is 0 Å². The Kier molecular flexibility index (Phi) is 3.82. The van der Waals surface area contributed by atoms with Crippen molar-refractivity contribution in [2.45, 2.75) is 13.0 Å². The molecule has 0 aliphatic heterocycles. The normalized spacial score (nSPS) is 9.82. The van der Waals surface area contributed by atoms with E-state index in [4.69, 9.17) is 9.68 Å². The third-order valence-electron chi connectivity index (χ3n) is 2.54. The van der Waals surface area contributed by atoms with E-state index in [2.05, 4.69) is 11.0 Å². The van der Waals surface area contributed by atoms with Crippen LogP contribution in [0.4, 0.5) is 5.69 Å². The average molecular weight is 226 g/mol. The van der Waals surface area contributed by atoms with Crippen LogP contribution in [0, 0.1) is 11.3 Å². The summed E-state index contributed by atoms with van der Waals surface area (Å²) in [5.74, 6) is 0.909. The predicted octanol–water partition coefficient (Wildman–Crippen LogP) is 3.20. The molecule has 2 aromatic rings. The quantitative estimate of drug-likeness (QED) is 0.786. The molecule has 0 saturated carbocycles. The third-order valence-corrected chi connectivity index (χ3v) is 2.54. The first-order valence-electron chi connectivity index (χ1n) is 5.59. The molecule has 0 unspecified atom stereocenters. The van der Waals surface area contributed by atoms with Gasteiger partial charge in [-0.1, -0.05) is 18.2 Å². The van der Waals surface area contributed by atoms with E-state index in [0.29, 0.717) is 19.5 Å². The second-order valence-electron chi connectivity index (χ2n) is 3.74. The summed E-state index contributed by atoms with van der Waals surface area (Å²) in [6, 6.07) is 16.1.